The fraction of sp³-hybridized carbons (Fsp3) is 0.273. The minimum absolute atomic E-state index is 0. The number of aromatic amines is 1. The SMILES string of the molecule is CC[C@@](C)(Nc1nc(-c2c[nH]c3ncc(Cl)cc23)nc2ccccc12)C(=O)NCC(F)(F)F.[HH].[HH].[HH]. The predicted molar refractivity (Wildman–Crippen MR) is 127 cm³/mol. The summed E-state index contributed by atoms with van der Waals surface area (Å²) in [6.07, 6.45) is -1.07. The van der Waals surface area contributed by atoms with Crippen LogP contribution in [0.4, 0.5) is 19.0 Å². The normalized spacial score (nSPS) is 13.8. The average Bonchev–Trinajstić information content (AvgIpc) is 3.19. The van der Waals surface area contributed by atoms with E-state index in [2.05, 4.69) is 25.3 Å². The molecule has 33 heavy (non-hydrogen) atoms. The monoisotopic (exact) mass is 482 g/mol. The molecule has 0 fully saturated rings. The van der Waals surface area contributed by atoms with Gasteiger partial charge in [-0.25, -0.2) is 15.0 Å². The van der Waals surface area contributed by atoms with Gasteiger partial charge >= 0.3 is 6.18 Å². The summed E-state index contributed by atoms with van der Waals surface area (Å²) in [5.74, 6) is -0.109. The van der Waals surface area contributed by atoms with Crippen LogP contribution in [0.15, 0.2) is 42.7 Å². The third-order valence-electron chi connectivity index (χ3n) is 5.39. The van der Waals surface area contributed by atoms with Crippen LogP contribution >= 0.6 is 11.6 Å². The summed E-state index contributed by atoms with van der Waals surface area (Å²) in [6, 6.07) is 8.91. The van der Waals surface area contributed by atoms with Crippen molar-refractivity contribution >= 4 is 45.3 Å². The van der Waals surface area contributed by atoms with E-state index >= 15 is 0 Å². The molecule has 7 nitrogen and oxygen atoms in total. The van der Waals surface area contributed by atoms with Crippen LogP contribution in [0, 0.1) is 0 Å². The zero-order valence-corrected chi connectivity index (χ0v) is 18.5. The molecule has 0 spiro atoms. The number of hydrogen-bond acceptors (Lipinski definition) is 5. The van der Waals surface area contributed by atoms with Gasteiger partial charge in [-0.15, -0.1) is 0 Å². The zero-order valence-electron chi connectivity index (χ0n) is 17.7. The lowest BCUT2D eigenvalue weighted by molar-refractivity contribution is -0.140. The van der Waals surface area contributed by atoms with E-state index in [9.17, 15) is 18.0 Å². The molecule has 1 aromatic carbocycles. The van der Waals surface area contributed by atoms with Gasteiger partial charge in [-0.1, -0.05) is 30.7 Å². The second-order valence-corrected chi connectivity index (χ2v) is 8.21. The van der Waals surface area contributed by atoms with Crippen molar-refractivity contribution in [1.29, 1.82) is 0 Å². The standard InChI is InChI=1S/C22H20ClF3N6O.3H2/c1-3-21(2,20(33)29-11-22(24,25)26)32-19-13-6-4-5-7-16(13)30-18(31-19)15-10-28-17-14(15)8-12(23)9-27-17;;;/h4-10H,3,11H2,1-2H3,(H,27,28)(H,29,33)(H,30,31,32);3*1H/t21-;;;/m1.../s1. The first-order chi connectivity index (χ1) is 15.6. The zero-order chi connectivity index (χ0) is 23.8. The minimum Gasteiger partial charge on any atom is -0.356 e. The largest absolute Gasteiger partial charge is 0.405 e. The molecule has 0 aliphatic rings. The molecule has 3 heterocycles. The van der Waals surface area contributed by atoms with E-state index in [1.54, 1.807) is 37.4 Å². The van der Waals surface area contributed by atoms with Crippen molar-refractivity contribution in [2.45, 2.75) is 32.0 Å². The Kier molecular flexibility index (Phi) is 5.87. The fourth-order valence-electron chi connectivity index (χ4n) is 3.40. The Labute approximate surface area is 196 Å². The van der Waals surface area contributed by atoms with E-state index in [1.807, 2.05) is 11.4 Å². The van der Waals surface area contributed by atoms with Crippen molar-refractivity contribution in [3.63, 3.8) is 0 Å². The van der Waals surface area contributed by atoms with Gasteiger partial charge in [-0.3, -0.25) is 4.79 Å². The van der Waals surface area contributed by atoms with Crippen LogP contribution in [0.2, 0.25) is 5.02 Å². The molecule has 1 amide bonds. The predicted octanol–water partition coefficient (Wildman–Crippen LogP) is 5.82. The summed E-state index contributed by atoms with van der Waals surface area (Å²) < 4.78 is 37.9. The summed E-state index contributed by atoms with van der Waals surface area (Å²) in [7, 11) is 0. The van der Waals surface area contributed by atoms with E-state index in [4.69, 9.17) is 11.6 Å². The molecule has 178 valence electrons. The summed E-state index contributed by atoms with van der Waals surface area (Å²) in [5, 5.41) is 6.81. The van der Waals surface area contributed by atoms with Gasteiger partial charge in [-0.05, 0) is 31.5 Å². The molecule has 0 saturated carbocycles. The molecule has 1 atom stereocenters. The lowest BCUT2D eigenvalue weighted by atomic mass is 9.97. The molecule has 0 aliphatic heterocycles. The van der Waals surface area contributed by atoms with Crippen molar-refractivity contribution in [2.24, 2.45) is 0 Å². The van der Waals surface area contributed by atoms with Crippen molar-refractivity contribution in [3.8, 4) is 11.4 Å². The maximum absolute atomic E-state index is 12.7. The summed E-state index contributed by atoms with van der Waals surface area (Å²) in [6.45, 7) is 1.82. The molecule has 11 heteroatoms. The van der Waals surface area contributed by atoms with Gasteiger partial charge in [-0.2, -0.15) is 13.2 Å². The van der Waals surface area contributed by atoms with Gasteiger partial charge < -0.3 is 15.6 Å². The number of nitrogens with zero attached hydrogens (tertiary/aromatic N) is 3. The lowest BCUT2D eigenvalue weighted by Crippen LogP contribution is -2.52. The molecule has 4 rings (SSSR count). The molecule has 0 saturated heterocycles. The van der Waals surface area contributed by atoms with Crippen molar-refractivity contribution in [3.05, 3.63) is 47.7 Å². The molecule has 3 aromatic heterocycles. The number of para-hydroxylation sites is 1. The summed E-state index contributed by atoms with van der Waals surface area (Å²) in [5.41, 5.74) is 0.507. The van der Waals surface area contributed by atoms with Crippen molar-refractivity contribution in [1.82, 2.24) is 25.3 Å². The molecule has 0 aliphatic carbocycles. The quantitative estimate of drug-likeness (QED) is 0.321. The number of fused-ring (bicyclic) bond motifs is 2. The number of alkyl halides is 3. The highest BCUT2D eigenvalue weighted by molar-refractivity contribution is 6.31. The second kappa shape index (κ2) is 8.51. The molecule has 0 radical (unpaired) electrons. The number of carbonyl (C=O) groups is 1. The van der Waals surface area contributed by atoms with Crippen LogP contribution < -0.4 is 10.6 Å². The number of aromatic nitrogens is 4. The van der Waals surface area contributed by atoms with E-state index in [-0.39, 0.29) is 10.7 Å². The Morgan fingerprint density at radius 3 is 2.70 bits per heavy atom. The Balaban J connectivity index is 0.00000216. The topological polar surface area (TPSA) is 95.6 Å². The number of anilines is 1. The van der Waals surface area contributed by atoms with Gasteiger partial charge in [0.1, 0.15) is 23.5 Å². The van der Waals surface area contributed by atoms with Gasteiger partial charge in [0.15, 0.2) is 5.82 Å². The van der Waals surface area contributed by atoms with E-state index < -0.39 is 24.2 Å². The minimum atomic E-state index is -4.51. The van der Waals surface area contributed by atoms with Gasteiger partial charge in [0.05, 0.1) is 10.5 Å². The second-order valence-electron chi connectivity index (χ2n) is 7.77. The molecule has 0 bridgehead atoms. The number of amides is 1. The van der Waals surface area contributed by atoms with Crippen LogP contribution in [-0.2, 0) is 4.79 Å². The lowest BCUT2D eigenvalue weighted by Gasteiger charge is -2.29. The average molecular weight is 483 g/mol. The van der Waals surface area contributed by atoms with Crippen LogP contribution in [0.3, 0.4) is 0 Å². The Bertz CT molecular complexity index is 1350. The molecule has 0 unspecified atom stereocenters. The van der Waals surface area contributed by atoms with Gasteiger partial charge in [0.2, 0.25) is 5.91 Å². The molecular formula is C22H26ClF3N6O. The third-order valence-corrected chi connectivity index (χ3v) is 5.60. The number of hydrogen-bond donors (Lipinski definition) is 3. The van der Waals surface area contributed by atoms with Crippen LogP contribution in [0.5, 0.6) is 0 Å². The number of benzene rings is 1. The van der Waals surface area contributed by atoms with E-state index in [1.165, 1.54) is 13.1 Å². The highest BCUT2D eigenvalue weighted by Gasteiger charge is 2.36. The number of pyridine rings is 1. The Hall–Kier alpha value is -3.40. The van der Waals surface area contributed by atoms with E-state index in [0.717, 1.165) is 0 Å². The molecule has 4 aromatic rings. The number of H-pyrrole nitrogens is 1. The first kappa shape index (κ1) is 22.8. The molecular weight excluding hydrogens is 457 g/mol. The number of rotatable bonds is 6. The number of nitrogens with one attached hydrogen (secondary N) is 3. The molecule has 3 N–H and O–H groups in total. The first-order valence-corrected chi connectivity index (χ1v) is 10.5. The summed E-state index contributed by atoms with van der Waals surface area (Å²) >= 11 is 6.11. The van der Waals surface area contributed by atoms with Crippen LogP contribution in [0.1, 0.15) is 24.5 Å². The number of carbonyl (C=O) groups excluding carboxylic acids is 1. The highest BCUT2D eigenvalue weighted by atomic mass is 35.5. The summed E-state index contributed by atoms with van der Waals surface area (Å²) in [4.78, 5) is 29.2. The van der Waals surface area contributed by atoms with Gasteiger partial charge in [0, 0.05) is 33.0 Å². The first-order valence-electron chi connectivity index (χ1n) is 10.1. The Morgan fingerprint density at radius 2 is 1.97 bits per heavy atom. The smallest absolute Gasteiger partial charge is 0.356 e. The Morgan fingerprint density at radius 1 is 1.21 bits per heavy atom. The van der Waals surface area contributed by atoms with Crippen LogP contribution in [-0.4, -0.2) is 44.1 Å². The maximum atomic E-state index is 12.7. The van der Waals surface area contributed by atoms with Crippen molar-refractivity contribution in [2.75, 3.05) is 11.9 Å². The van der Waals surface area contributed by atoms with E-state index in [0.29, 0.717) is 44.2 Å². The van der Waals surface area contributed by atoms with Gasteiger partial charge in [0.25, 0.3) is 0 Å². The highest BCUT2D eigenvalue weighted by Crippen LogP contribution is 2.32. The third kappa shape index (κ3) is 4.70. The van der Waals surface area contributed by atoms with Crippen molar-refractivity contribution < 1.29 is 22.2 Å². The fourth-order valence-corrected chi connectivity index (χ4v) is 3.56. The van der Waals surface area contributed by atoms with Crippen LogP contribution in [0.25, 0.3) is 33.3 Å². The maximum Gasteiger partial charge on any atom is 0.405 e. The number of halogens is 4.